The van der Waals surface area contributed by atoms with Crippen LogP contribution in [0.5, 0.6) is 0 Å². The fourth-order valence-corrected chi connectivity index (χ4v) is 2.87. The zero-order chi connectivity index (χ0) is 15.5. The van der Waals surface area contributed by atoms with Gasteiger partial charge in [0.15, 0.2) is 0 Å². The first-order chi connectivity index (χ1) is 9.88. The lowest BCUT2D eigenvalue weighted by Crippen LogP contribution is -2.43. The number of rotatable bonds is 4. The second-order valence-electron chi connectivity index (χ2n) is 4.66. The van der Waals surface area contributed by atoms with Crippen LogP contribution in [0.15, 0.2) is 24.3 Å². The number of hydrogen-bond acceptors (Lipinski definition) is 4. The minimum Gasteiger partial charge on any atom is -0.387 e. The van der Waals surface area contributed by atoms with E-state index < -0.39 is 17.8 Å². The second-order valence-corrected chi connectivity index (χ2v) is 5.69. The molecule has 0 saturated carbocycles. The molecule has 0 spiro atoms. The minimum atomic E-state index is -4.45. The molecule has 1 aromatic rings. The molecule has 0 bridgehead atoms. The molecule has 0 aliphatic carbocycles. The zero-order valence-electron chi connectivity index (χ0n) is 11.4. The Labute approximate surface area is 136 Å². The maximum atomic E-state index is 12.6. The van der Waals surface area contributed by atoms with Gasteiger partial charge in [-0.15, -0.1) is 24.2 Å². The smallest absolute Gasteiger partial charge is 0.387 e. The lowest BCUT2D eigenvalue weighted by Gasteiger charge is -2.16. The third kappa shape index (κ3) is 5.05. The summed E-state index contributed by atoms with van der Waals surface area (Å²) in [5.74, 6) is 1.07. The van der Waals surface area contributed by atoms with Crippen LogP contribution in [-0.2, 0) is 11.0 Å². The molecule has 1 aliphatic heterocycles. The average molecular weight is 357 g/mol. The van der Waals surface area contributed by atoms with Gasteiger partial charge < -0.3 is 10.4 Å². The van der Waals surface area contributed by atoms with E-state index in [4.69, 9.17) is 0 Å². The summed E-state index contributed by atoms with van der Waals surface area (Å²) < 4.78 is 37.8. The highest BCUT2D eigenvalue weighted by molar-refractivity contribution is 7.99. The number of alkyl halides is 3. The molecule has 22 heavy (non-hydrogen) atoms. The molecule has 124 valence electrons. The van der Waals surface area contributed by atoms with Gasteiger partial charge in [0.05, 0.1) is 17.7 Å². The minimum absolute atomic E-state index is 0. The van der Waals surface area contributed by atoms with E-state index in [0.717, 1.165) is 12.1 Å². The van der Waals surface area contributed by atoms with Crippen molar-refractivity contribution in [2.24, 2.45) is 0 Å². The lowest BCUT2D eigenvalue weighted by atomic mass is 10.1. The predicted octanol–water partition coefficient (Wildman–Crippen LogP) is 1.94. The van der Waals surface area contributed by atoms with Crippen molar-refractivity contribution >= 4 is 30.1 Å². The second kappa shape index (κ2) is 8.05. The van der Waals surface area contributed by atoms with E-state index in [1.54, 1.807) is 11.8 Å². The van der Waals surface area contributed by atoms with Crippen LogP contribution in [0.1, 0.15) is 17.2 Å². The molecule has 9 heteroatoms. The number of hydrogen-bond donors (Lipinski definition) is 3. The lowest BCUT2D eigenvalue weighted by molar-refractivity contribution is -0.137. The highest BCUT2D eigenvalue weighted by Gasteiger charge is 2.31. The highest BCUT2D eigenvalue weighted by atomic mass is 35.5. The summed E-state index contributed by atoms with van der Waals surface area (Å²) >= 11 is 1.59. The number of aliphatic hydroxyl groups is 1. The summed E-state index contributed by atoms with van der Waals surface area (Å²) in [5, 5.41) is 15.4. The van der Waals surface area contributed by atoms with E-state index >= 15 is 0 Å². The van der Waals surface area contributed by atoms with Crippen molar-refractivity contribution in [3.63, 3.8) is 0 Å². The first-order valence-electron chi connectivity index (χ1n) is 6.32. The molecule has 4 nitrogen and oxygen atoms in total. The first-order valence-corrected chi connectivity index (χ1v) is 7.47. The van der Waals surface area contributed by atoms with Gasteiger partial charge in [0, 0.05) is 18.2 Å². The van der Waals surface area contributed by atoms with E-state index in [1.165, 1.54) is 12.1 Å². The Balaban J connectivity index is 0.00000242. The van der Waals surface area contributed by atoms with Crippen LogP contribution in [0.3, 0.4) is 0 Å². The molecule has 1 fully saturated rings. The van der Waals surface area contributed by atoms with Crippen molar-refractivity contribution in [1.29, 1.82) is 0 Å². The number of benzene rings is 1. The first kappa shape index (κ1) is 19.1. The van der Waals surface area contributed by atoms with Crippen molar-refractivity contribution in [3.8, 4) is 0 Å². The largest absolute Gasteiger partial charge is 0.416 e. The van der Waals surface area contributed by atoms with Crippen molar-refractivity contribution < 1.29 is 23.1 Å². The normalized spacial score (nSPS) is 19.4. The molecular weight excluding hydrogens is 341 g/mol. The quantitative estimate of drug-likeness (QED) is 0.771. The number of aliphatic hydroxyl groups excluding tert-OH is 1. The van der Waals surface area contributed by atoms with Crippen LogP contribution in [0.4, 0.5) is 13.2 Å². The maximum Gasteiger partial charge on any atom is 0.416 e. The third-order valence-corrected chi connectivity index (χ3v) is 4.04. The summed E-state index contributed by atoms with van der Waals surface area (Å²) in [7, 11) is 0. The van der Waals surface area contributed by atoms with Crippen molar-refractivity contribution in [3.05, 3.63) is 35.4 Å². The summed E-state index contributed by atoms with van der Waals surface area (Å²) in [5.41, 5.74) is -0.696. The summed E-state index contributed by atoms with van der Waals surface area (Å²) in [6.07, 6.45) is -5.63. The molecule has 2 rings (SSSR count). The standard InChI is InChI=1S/C13H15F3N2O2S.ClH/c14-13(15,16)9-3-1-2-8(4-9)11(19)5-17-12(20)10-6-21-7-18-10;/h1-4,10-11,18-19H,5-7H2,(H,17,20);1H/t10-,11?;/m1./s1. The molecule has 1 unspecified atom stereocenters. The van der Waals surface area contributed by atoms with Gasteiger partial charge in [-0.05, 0) is 17.7 Å². The van der Waals surface area contributed by atoms with Crippen LogP contribution in [-0.4, -0.2) is 35.2 Å². The van der Waals surface area contributed by atoms with E-state index in [9.17, 15) is 23.1 Å². The number of halogens is 4. The molecule has 1 saturated heterocycles. The molecule has 3 N–H and O–H groups in total. The predicted molar refractivity (Wildman–Crippen MR) is 80.9 cm³/mol. The number of carbonyl (C=O) groups excluding carboxylic acids is 1. The maximum absolute atomic E-state index is 12.6. The van der Waals surface area contributed by atoms with Crippen LogP contribution in [0, 0.1) is 0 Å². The Morgan fingerprint density at radius 3 is 2.82 bits per heavy atom. The van der Waals surface area contributed by atoms with Crippen molar-refractivity contribution in [1.82, 2.24) is 10.6 Å². The Kier molecular flexibility index (Phi) is 6.98. The molecule has 1 amide bonds. The molecule has 2 atom stereocenters. The van der Waals surface area contributed by atoms with Crippen LogP contribution < -0.4 is 10.6 Å². The number of nitrogens with one attached hydrogen (secondary N) is 2. The fourth-order valence-electron chi connectivity index (χ4n) is 1.92. The Bertz CT molecular complexity index is 510. The summed E-state index contributed by atoms with van der Waals surface area (Å²) in [6, 6.07) is 4.15. The van der Waals surface area contributed by atoms with Gasteiger partial charge in [-0.2, -0.15) is 13.2 Å². The van der Waals surface area contributed by atoms with Crippen LogP contribution in [0.2, 0.25) is 0 Å². The van der Waals surface area contributed by atoms with Gasteiger partial charge in [-0.25, -0.2) is 0 Å². The number of carbonyl (C=O) groups is 1. The van der Waals surface area contributed by atoms with Gasteiger partial charge in [0.2, 0.25) is 5.91 Å². The summed E-state index contributed by atoms with van der Waals surface area (Å²) in [6.45, 7) is -0.122. The monoisotopic (exact) mass is 356 g/mol. The highest BCUT2D eigenvalue weighted by Crippen LogP contribution is 2.30. The van der Waals surface area contributed by atoms with E-state index in [2.05, 4.69) is 10.6 Å². The van der Waals surface area contributed by atoms with Crippen molar-refractivity contribution in [2.75, 3.05) is 18.2 Å². The van der Waals surface area contributed by atoms with Gasteiger partial charge in [0.25, 0.3) is 0 Å². The van der Waals surface area contributed by atoms with Crippen LogP contribution >= 0.6 is 24.2 Å². The van der Waals surface area contributed by atoms with Gasteiger partial charge in [0.1, 0.15) is 0 Å². The molecular formula is C13H16ClF3N2O2S. The summed E-state index contributed by atoms with van der Waals surface area (Å²) in [4.78, 5) is 11.7. The fraction of sp³-hybridized carbons (Fsp3) is 0.462. The Morgan fingerprint density at radius 2 is 2.23 bits per heavy atom. The van der Waals surface area contributed by atoms with E-state index in [0.29, 0.717) is 11.6 Å². The molecule has 1 heterocycles. The third-order valence-electron chi connectivity index (χ3n) is 3.10. The topological polar surface area (TPSA) is 61.4 Å². The van der Waals surface area contributed by atoms with Crippen molar-refractivity contribution in [2.45, 2.75) is 18.3 Å². The zero-order valence-corrected chi connectivity index (χ0v) is 13.0. The number of thioether (sulfide) groups is 1. The molecule has 0 aromatic heterocycles. The van der Waals surface area contributed by atoms with E-state index in [1.807, 2.05) is 0 Å². The Hall–Kier alpha value is -0.960. The molecule has 1 aromatic carbocycles. The average Bonchev–Trinajstić information content (AvgIpc) is 2.98. The molecule has 1 aliphatic rings. The molecule has 0 radical (unpaired) electrons. The van der Waals surface area contributed by atoms with Crippen LogP contribution in [0.25, 0.3) is 0 Å². The van der Waals surface area contributed by atoms with Gasteiger partial charge in [-0.3, -0.25) is 10.1 Å². The number of amides is 1. The Morgan fingerprint density at radius 1 is 1.50 bits per heavy atom. The SMILES string of the molecule is Cl.O=C(NCC(O)c1cccc(C(F)(F)F)c1)[C@H]1CSCN1. The van der Waals surface area contributed by atoms with Gasteiger partial charge >= 0.3 is 6.18 Å². The van der Waals surface area contributed by atoms with Gasteiger partial charge in [-0.1, -0.05) is 12.1 Å². The van der Waals surface area contributed by atoms with E-state index in [-0.39, 0.29) is 36.5 Å².